The second-order valence-electron chi connectivity index (χ2n) is 7.04. The molecule has 3 rings (SSSR count). The Bertz CT molecular complexity index is 623. The quantitative estimate of drug-likeness (QED) is 0.792. The summed E-state index contributed by atoms with van der Waals surface area (Å²) in [6.07, 6.45) is 2.01. The van der Waals surface area contributed by atoms with Crippen LogP contribution in [0.15, 0.2) is 22.7 Å². The second-order valence-corrected chi connectivity index (χ2v) is 7.96. The molecule has 1 heterocycles. The molecule has 1 saturated heterocycles. The lowest BCUT2D eigenvalue weighted by atomic mass is 9.46. The number of anilines is 1. The fourth-order valence-electron chi connectivity index (χ4n) is 4.03. The predicted octanol–water partition coefficient (Wildman–Crippen LogP) is 3.65. The lowest BCUT2D eigenvalue weighted by Crippen LogP contribution is -2.81. The standard InChI is InChI=1S/C17H23BrN2O2.ClH/c1-10-9-11(18)6-7-13(10)20-15(21)17(19)12-5-4-8-22-14(12)16(17,2)3;/h6-7,9,12,14H,4-5,8,19H2,1-3H3,(H,20,21);1H. The van der Waals surface area contributed by atoms with Crippen molar-refractivity contribution in [3.8, 4) is 0 Å². The zero-order valence-corrected chi connectivity index (χ0v) is 16.1. The van der Waals surface area contributed by atoms with Crippen LogP contribution in [0.5, 0.6) is 0 Å². The zero-order valence-electron chi connectivity index (χ0n) is 13.7. The highest BCUT2D eigenvalue weighted by Gasteiger charge is 2.70. The summed E-state index contributed by atoms with van der Waals surface area (Å²) in [7, 11) is 0. The van der Waals surface area contributed by atoms with Crippen LogP contribution in [-0.2, 0) is 9.53 Å². The van der Waals surface area contributed by atoms with Crippen molar-refractivity contribution in [3.05, 3.63) is 28.2 Å². The molecule has 3 unspecified atom stereocenters. The van der Waals surface area contributed by atoms with Gasteiger partial charge in [0.25, 0.3) is 0 Å². The van der Waals surface area contributed by atoms with E-state index in [2.05, 4.69) is 21.2 Å². The third kappa shape index (κ3) is 2.72. The van der Waals surface area contributed by atoms with E-state index in [0.717, 1.165) is 35.2 Å². The van der Waals surface area contributed by atoms with Crippen molar-refractivity contribution in [2.24, 2.45) is 17.1 Å². The Balaban J connectivity index is 0.00000192. The molecular formula is C17H24BrClN2O2. The molecule has 3 atom stereocenters. The average Bonchev–Trinajstić information content (AvgIpc) is 2.49. The maximum Gasteiger partial charge on any atom is 0.245 e. The molecule has 3 N–H and O–H groups in total. The average molecular weight is 404 g/mol. The molecule has 1 aromatic carbocycles. The van der Waals surface area contributed by atoms with Gasteiger partial charge in [0.1, 0.15) is 5.54 Å². The number of rotatable bonds is 2. The largest absolute Gasteiger partial charge is 0.377 e. The van der Waals surface area contributed by atoms with Gasteiger partial charge in [-0.2, -0.15) is 0 Å². The number of aryl methyl sites for hydroxylation is 1. The molecule has 1 aliphatic carbocycles. The van der Waals surface area contributed by atoms with E-state index in [9.17, 15) is 4.79 Å². The van der Waals surface area contributed by atoms with E-state index >= 15 is 0 Å². The Labute approximate surface area is 152 Å². The molecular weight excluding hydrogens is 380 g/mol. The van der Waals surface area contributed by atoms with E-state index in [-0.39, 0.29) is 35.8 Å². The van der Waals surface area contributed by atoms with E-state index < -0.39 is 5.54 Å². The molecule has 1 saturated carbocycles. The van der Waals surface area contributed by atoms with Gasteiger partial charge in [0, 0.05) is 28.1 Å². The highest BCUT2D eigenvalue weighted by molar-refractivity contribution is 9.10. The van der Waals surface area contributed by atoms with Gasteiger partial charge in [0.05, 0.1) is 6.10 Å². The lowest BCUT2D eigenvalue weighted by Gasteiger charge is -2.65. The molecule has 2 aliphatic rings. The fraction of sp³-hybridized carbons (Fsp3) is 0.588. The van der Waals surface area contributed by atoms with Gasteiger partial charge < -0.3 is 15.8 Å². The molecule has 1 aliphatic heterocycles. The van der Waals surface area contributed by atoms with E-state index in [4.69, 9.17) is 10.5 Å². The highest BCUT2D eigenvalue weighted by atomic mass is 79.9. The Morgan fingerprint density at radius 3 is 2.78 bits per heavy atom. The van der Waals surface area contributed by atoms with Gasteiger partial charge in [-0.3, -0.25) is 4.79 Å². The van der Waals surface area contributed by atoms with Crippen molar-refractivity contribution >= 4 is 39.9 Å². The molecule has 23 heavy (non-hydrogen) atoms. The van der Waals surface area contributed by atoms with Crippen LogP contribution in [0.3, 0.4) is 0 Å². The number of hydrogen-bond acceptors (Lipinski definition) is 3. The van der Waals surface area contributed by atoms with E-state index in [1.807, 2.05) is 39.0 Å². The normalized spacial score (nSPS) is 31.3. The van der Waals surface area contributed by atoms with Crippen LogP contribution in [0.2, 0.25) is 0 Å². The number of carbonyl (C=O) groups is 1. The SMILES string of the molecule is Cc1cc(Br)ccc1NC(=O)C1(N)C2CCCOC2C1(C)C.Cl. The number of halogens is 2. The molecule has 4 nitrogen and oxygen atoms in total. The number of nitrogens with one attached hydrogen (secondary N) is 1. The van der Waals surface area contributed by atoms with Crippen LogP contribution in [0.25, 0.3) is 0 Å². The second kappa shape index (κ2) is 6.36. The van der Waals surface area contributed by atoms with Crippen molar-refractivity contribution in [3.63, 3.8) is 0 Å². The Morgan fingerprint density at radius 2 is 2.13 bits per heavy atom. The number of hydrogen-bond donors (Lipinski definition) is 2. The fourth-order valence-corrected chi connectivity index (χ4v) is 4.51. The molecule has 0 bridgehead atoms. The van der Waals surface area contributed by atoms with E-state index in [0.29, 0.717) is 0 Å². The van der Waals surface area contributed by atoms with Gasteiger partial charge in [-0.1, -0.05) is 29.8 Å². The highest BCUT2D eigenvalue weighted by Crippen LogP contribution is 2.57. The first-order valence-electron chi connectivity index (χ1n) is 7.76. The summed E-state index contributed by atoms with van der Waals surface area (Å²) >= 11 is 3.44. The number of nitrogens with two attached hydrogens (primary N) is 1. The molecule has 6 heteroatoms. The first kappa shape index (κ1) is 18.7. The zero-order chi connectivity index (χ0) is 16.1. The number of benzene rings is 1. The van der Waals surface area contributed by atoms with Gasteiger partial charge in [-0.05, 0) is 43.5 Å². The van der Waals surface area contributed by atoms with Crippen LogP contribution in [0.1, 0.15) is 32.3 Å². The van der Waals surface area contributed by atoms with Gasteiger partial charge in [-0.25, -0.2) is 0 Å². The molecule has 128 valence electrons. The Morgan fingerprint density at radius 1 is 1.43 bits per heavy atom. The van der Waals surface area contributed by atoms with Gasteiger partial charge in [0.15, 0.2) is 0 Å². The van der Waals surface area contributed by atoms with Crippen LogP contribution in [0.4, 0.5) is 5.69 Å². The van der Waals surface area contributed by atoms with Crippen molar-refractivity contribution in [1.82, 2.24) is 0 Å². The van der Waals surface area contributed by atoms with Gasteiger partial charge in [0.2, 0.25) is 5.91 Å². The van der Waals surface area contributed by atoms with Crippen LogP contribution in [0, 0.1) is 18.3 Å². The summed E-state index contributed by atoms with van der Waals surface area (Å²) in [5.41, 5.74) is 7.20. The van der Waals surface area contributed by atoms with Crippen molar-refractivity contribution in [2.45, 2.75) is 45.3 Å². The topological polar surface area (TPSA) is 64.4 Å². The summed E-state index contributed by atoms with van der Waals surface area (Å²) in [4.78, 5) is 12.9. The summed E-state index contributed by atoms with van der Waals surface area (Å²) in [5, 5.41) is 3.03. The van der Waals surface area contributed by atoms with Crippen LogP contribution in [-0.4, -0.2) is 24.2 Å². The molecule has 0 aromatic heterocycles. The third-order valence-corrected chi connectivity index (χ3v) is 5.99. The van der Waals surface area contributed by atoms with E-state index in [1.165, 1.54) is 0 Å². The third-order valence-electron chi connectivity index (χ3n) is 5.50. The minimum atomic E-state index is -0.877. The van der Waals surface area contributed by atoms with Crippen molar-refractivity contribution < 1.29 is 9.53 Å². The van der Waals surface area contributed by atoms with E-state index in [1.54, 1.807) is 0 Å². The minimum absolute atomic E-state index is 0. The number of ether oxygens (including phenoxy) is 1. The first-order chi connectivity index (χ1) is 10.3. The van der Waals surface area contributed by atoms with Crippen LogP contribution < -0.4 is 11.1 Å². The summed E-state index contributed by atoms with van der Waals surface area (Å²) in [5.74, 6) is 0.00155. The maximum atomic E-state index is 12.9. The monoisotopic (exact) mass is 402 g/mol. The van der Waals surface area contributed by atoms with Crippen molar-refractivity contribution in [1.29, 1.82) is 0 Å². The lowest BCUT2D eigenvalue weighted by molar-refractivity contribution is -0.222. The smallest absolute Gasteiger partial charge is 0.245 e. The molecule has 1 aromatic rings. The van der Waals surface area contributed by atoms with Crippen LogP contribution >= 0.6 is 28.3 Å². The number of carbonyl (C=O) groups excluding carboxylic acids is 1. The Kier molecular flexibility index (Phi) is 5.17. The summed E-state index contributed by atoms with van der Waals surface area (Å²) in [6.45, 7) is 6.82. The summed E-state index contributed by atoms with van der Waals surface area (Å²) < 4.78 is 6.86. The first-order valence-corrected chi connectivity index (χ1v) is 8.56. The molecule has 0 spiro atoms. The molecule has 1 amide bonds. The molecule has 2 fully saturated rings. The maximum absolute atomic E-state index is 12.9. The van der Waals surface area contributed by atoms with Gasteiger partial charge >= 0.3 is 0 Å². The predicted molar refractivity (Wildman–Crippen MR) is 97.9 cm³/mol. The molecule has 0 radical (unpaired) electrons. The van der Waals surface area contributed by atoms with Gasteiger partial charge in [-0.15, -0.1) is 12.4 Å². The minimum Gasteiger partial charge on any atom is -0.377 e. The van der Waals surface area contributed by atoms with Crippen molar-refractivity contribution in [2.75, 3.05) is 11.9 Å². The number of fused-ring (bicyclic) bond motifs is 1. The number of amides is 1. The Hall–Kier alpha value is -0.620. The summed E-state index contributed by atoms with van der Waals surface area (Å²) in [6, 6.07) is 5.81.